The first kappa shape index (κ1) is 29.7. The molecule has 41 heavy (non-hydrogen) atoms. The third-order valence-corrected chi connectivity index (χ3v) is 7.84. The van der Waals surface area contributed by atoms with E-state index >= 15 is 0 Å². The average Bonchev–Trinajstić information content (AvgIpc) is 3.39. The minimum absolute atomic E-state index is 0.000383. The molecule has 5 amide bonds. The number of nitrogens with zero attached hydrogens (tertiary/aromatic N) is 2. The van der Waals surface area contributed by atoms with Crippen LogP contribution in [0.1, 0.15) is 56.2 Å². The third-order valence-electron chi connectivity index (χ3n) is 7.84. The largest absolute Gasteiger partial charge is 0.370 e. The highest BCUT2D eigenvalue weighted by molar-refractivity contribution is 5.94. The van der Waals surface area contributed by atoms with E-state index in [4.69, 9.17) is 11.5 Å². The Hall–Kier alpha value is -4.25. The van der Waals surface area contributed by atoms with Gasteiger partial charge in [0.25, 0.3) is 0 Å². The molecule has 218 valence electrons. The topological polar surface area (TPSA) is 168 Å². The second kappa shape index (κ2) is 13.4. The zero-order chi connectivity index (χ0) is 29.5. The molecule has 0 saturated carbocycles. The Morgan fingerprint density at radius 1 is 0.927 bits per heavy atom. The molecule has 2 aliphatic rings. The summed E-state index contributed by atoms with van der Waals surface area (Å²) in [5.74, 6) is -2.11. The van der Waals surface area contributed by atoms with E-state index in [-0.39, 0.29) is 31.3 Å². The van der Waals surface area contributed by atoms with E-state index in [9.17, 15) is 24.0 Å². The van der Waals surface area contributed by atoms with Crippen LogP contribution in [0, 0.1) is 0 Å². The molecular formula is C30H38N6O5. The predicted octanol–water partition coefficient (Wildman–Crippen LogP) is 0.582. The molecule has 0 radical (unpaired) electrons. The minimum Gasteiger partial charge on any atom is -0.370 e. The molecule has 2 saturated heterocycles. The van der Waals surface area contributed by atoms with Gasteiger partial charge < -0.3 is 31.9 Å². The van der Waals surface area contributed by atoms with E-state index in [2.05, 4.69) is 10.6 Å². The van der Waals surface area contributed by atoms with Gasteiger partial charge >= 0.3 is 0 Å². The zero-order valence-corrected chi connectivity index (χ0v) is 23.2. The van der Waals surface area contributed by atoms with Crippen LogP contribution in [0.3, 0.4) is 0 Å². The van der Waals surface area contributed by atoms with Gasteiger partial charge in [-0.05, 0) is 36.8 Å². The lowest BCUT2D eigenvalue weighted by molar-refractivity contribution is -0.144. The second-order valence-corrected chi connectivity index (χ2v) is 10.7. The standard InChI is InChI=1S/C30H38N6O5/c1-19(37)35-17-16-22-12-14-25(36(22)30(41)23(31)18-35)29(40)33-24(13-15-26(32)38)28(39)34-27(20-8-4-2-5-9-20)21-10-6-3-7-11-21/h2-11,22-25,27H,12-18,31H2,1H3,(H2,32,38)(H,33,40)(H,34,39). The van der Waals surface area contributed by atoms with Crippen LogP contribution in [0.4, 0.5) is 0 Å². The molecule has 4 unspecified atom stereocenters. The summed E-state index contributed by atoms with van der Waals surface area (Å²) in [6.07, 6.45) is 1.39. The first-order valence-corrected chi connectivity index (χ1v) is 14.0. The van der Waals surface area contributed by atoms with Gasteiger partial charge in [0, 0.05) is 32.5 Å². The maximum atomic E-state index is 13.6. The number of rotatable bonds is 9. The predicted molar refractivity (Wildman–Crippen MR) is 152 cm³/mol. The van der Waals surface area contributed by atoms with Gasteiger partial charge in [0.1, 0.15) is 18.1 Å². The number of carbonyl (C=O) groups excluding carboxylic acids is 5. The first-order chi connectivity index (χ1) is 19.7. The van der Waals surface area contributed by atoms with E-state index in [1.165, 1.54) is 11.8 Å². The van der Waals surface area contributed by atoms with E-state index < -0.39 is 47.8 Å². The van der Waals surface area contributed by atoms with Crippen molar-refractivity contribution in [3.05, 3.63) is 71.8 Å². The number of carbonyl (C=O) groups is 5. The SMILES string of the molecule is CC(=O)N1CCC2CCC(C(=O)NC(CCC(N)=O)C(=O)NC(c3ccccc3)c3ccccc3)N2C(=O)C(N)C1. The van der Waals surface area contributed by atoms with E-state index in [1.54, 1.807) is 4.90 Å². The normalized spacial score (nSPS) is 21.4. The van der Waals surface area contributed by atoms with E-state index in [0.717, 1.165) is 11.1 Å². The van der Waals surface area contributed by atoms with Crippen LogP contribution in [0.15, 0.2) is 60.7 Å². The van der Waals surface area contributed by atoms with Crippen molar-refractivity contribution in [2.75, 3.05) is 13.1 Å². The van der Waals surface area contributed by atoms with E-state index in [0.29, 0.717) is 25.8 Å². The van der Waals surface area contributed by atoms with Crippen LogP contribution in [0.25, 0.3) is 0 Å². The fourth-order valence-electron chi connectivity index (χ4n) is 5.66. The lowest BCUT2D eigenvalue weighted by Crippen LogP contribution is -2.60. The molecule has 11 heteroatoms. The van der Waals surface area contributed by atoms with Crippen molar-refractivity contribution in [3.63, 3.8) is 0 Å². The Balaban J connectivity index is 1.53. The van der Waals surface area contributed by atoms with Gasteiger partial charge in [-0.3, -0.25) is 24.0 Å². The number of benzene rings is 2. The summed E-state index contributed by atoms with van der Waals surface area (Å²) >= 11 is 0. The molecule has 6 N–H and O–H groups in total. The van der Waals surface area contributed by atoms with Gasteiger partial charge in [0.05, 0.1) is 6.04 Å². The maximum Gasteiger partial charge on any atom is 0.243 e. The minimum atomic E-state index is -1.06. The summed E-state index contributed by atoms with van der Waals surface area (Å²) in [4.78, 5) is 67.2. The van der Waals surface area contributed by atoms with Crippen molar-refractivity contribution in [3.8, 4) is 0 Å². The molecule has 2 heterocycles. The first-order valence-electron chi connectivity index (χ1n) is 14.0. The summed E-state index contributed by atoms with van der Waals surface area (Å²) < 4.78 is 0. The quantitative estimate of drug-likeness (QED) is 0.349. The van der Waals surface area contributed by atoms with Crippen molar-refractivity contribution >= 4 is 29.5 Å². The number of nitrogens with one attached hydrogen (secondary N) is 2. The summed E-state index contributed by atoms with van der Waals surface area (Å²) in [7, 11) is 0. The molecule has 0 bridgehead atoms. The van der Waals surface area contributed by atoms with Crippen LogP contribution in [0.5, 0.6) is 0 Å². The molecule has 2 aromatic carbocycles. The molecule has 4 atom stereocenters. The molecule has 0 aliphatic carbocycles. The third kappa shape index (κ3) is 7.29. The summed E-state index contributed by atoms with van der Waals surface area (Å²) in [6, 6.07) is 15.3. The van der Waals surface area contributed by atoms with Crippen molar-refractivity contribution in [2.45, 2.75) is 69.2 Å². The Bertz CT molecular complexity index is 1220. The maximum absolute atomic E-state index is 13.6. The Kier molecular flexibility index (Phi) is 9.72. The molecule has 0 spiro atoms. The van der Waals surface area contributed by atoms with Crippen LogP contribution in [-0.2, 0) is 24.0 Å². The Morgan fingerprint density at radius 2 is 1.54 bits per heavy atom. The average molecular weight is 563 g/mol. The van der Waals surface area contributed by atoms with Crippen molar-refractivity contribution < 1.29 is 24.0 Å². The monoisotopic (exact) mass is 562 g/mol. The second-order valence-electron chi connectivity index (χ2n) is 10.7. The Morgan fingerprint density at radius 3 is 2.10 bits per heavy atom. The molecular weight excluding hydrogens is 524 g/mol. The van der Waals surface area contributed by atoms with Crippen LogP contribution in [0.2, 0.25) is 0 Å². The molecule has 0 aromatic heterocycles. The smallest absolute Gasteiger partial charge is 0.243 e. The van der Waals surface area contributed by atoms with Gasteiger partial charge in [-0.15, -0.1) is 0 Å². The van der Waals surface area contributed by atoms with Crippen molar-refractivity contribution in [1.82, 2.24) is 20.4 Å². The summed E-state index contributed by atoms with van der Waals surface area (Å²) in [6.45, 7) is 1.96. The highest BCUT2D eigenvalue weighted by Gasteiger charge is 2.44. The van der Waals surface area contributed by atoms with Gasteiger partial charge in [-0.1, -0.05) is 60.7 Å². The fourth-order valence-corrected chi connectivity index (χ4v) is 5.66. The highest BCUT2D eigenvalue weighted by Crippen LogP contribution is 2.29. The number of primary amides is 1. The van der Waals surface area contributed by atoms with Gasteiger partial charge in [-0.25, -0.2) is 0 Å². The molecule has 2 aliphatic heterocycles. The molecule has 11 nitrogen and oxygen atoms in total. The van der Waals surface area contributed by atoms with Crippen LogP contribution in [-0.4, -0.2) is 76.6 Å². The van der Waals surface area contributed by atoms with Crippen LogP contribution >= 0.6 is 0 Å². The lowest BCUT2D eigenvalue weighted by atomic mass is 9.98. The number of nitrogens with two attached hydrogens (primary N) is 2. The molecule has 2 fully saturated rings. The fraction of sp³-hybridized carbons (Fsp3) is 0.433. The Labute approximate surface area is 239 Å². The number of fused-ring (bicyclic) bond motifs is 1. The lowest BCUT2D eigenvalue weighted by Gasteiger charge is -2.37. The number of hydrogen-bond acceptors (Lipinski definition) is 6. The van der Waals surface area contributed by atoms with Gasteiger partial charge in [-0.2, -0.15) is 0 Å². The summed E-state index contributed by atoms with van der Waals surface area (Å²) in [5.41, 5.74) is 13.2. The molecule has 2 aromatic rings. The van der Waals surface area contributed by atoms with E-state index in [1.807, 2.05) is 60.7 Å². The van der Waals surface area contributed by atoms with Crippen molar-refractivity contribution in [1.29, 1.82) is 0 Å². The van der Waals surface area contributed by atoms with Gasteiger partial charge in [0.15, 0.2) is 0 Å². The van der Waals surface area contributed by atoms with Crippen LogP contribution < -0.4 is 22.1 Å². The zero-order valence-electron chi connectivity index (χ0n) is 23.2. The van der Waals surface area contributed by atoms with Gasteiger partial charge in [0.2, 0.25) is 29.5 Å². The highest BCUT2D eigenvalue weighted by atomic mass is 16.2. The number of amides is 5. The van der Waals surface area contributed by atoms with Crippen molar-refractivity contribution in [2.24, 2.45) is 11.5 Å². The number of hydrogen-bond donors (Lipinski definition) is 4. The molecule has 4 rings (SSSR count). The summed E-state index contributed by atoms with van der Waals surface area (Å²) in [5, 5.41) is 5.83.